The molecule has 2 N–H and O–H groups in total. The molecule has 0 atom stereocenters. The van der Waals surface area contributed by atoms with Crippen molar-refractivity contribution in [2.24, 2.45) is 0 Å². The lowest BCUT2D eigenvalue weighted by Gasteiger charge is -1.91. The minimum Gasteiger partial charge on any atom is -1.00 e. The third-order valence-corrected chi connectivity index (χ3v) is 0.689. The maximum Gasteiger partial charge on any atom is 0.257 e. The van der Waals surface area contributed by atoms with Gasteiger partial charge in [-0.2, -0.15) is 0 Å². The Kier molecular flexibility index (Phi) is 16.1. The van der Waals surface area contributed by atoms with E-state index in [9.17, 15) is 4.79 Å². The van der Waals surface area contributed by atoms with Crippen molar-refractivity contribution < 1.29 is 22.1 Å². The third-order valence-electron chi connectivity index (χ3n) is 0.689. The van der Waals surface area contributed by atoms with Gasteiger partial charge >= 0.3 is 0 Å². The highest BCUT2D eigenvalue weighted by molar-refractivity contribution is 5.93. The van der Waals surface area contributed by atoms with Crippen LogP contribution in [0.5, 0.6) is 0 Å². The zero-order chi connectivity index (χ0) is 10.9. The van der Waals surface area contributed by atoms with Crippen LogP contribution in [-0.4, -0.2) is 27.1 Å². The van der Waals surface area contributed by atoms with Crippen molar-refractivity contribution in [2.75, 3.05) is 21.1 Å². The molecule has 0 aliphatic rings. The van der Waals surface area contributed by atoms with Crippen LogP contribution in [0.1, 0.15) is 13.8 Å². The number of hydrogen-bond donors (Lipinski definition) is 2. The minimum atomic E-state index is -0.218. The first kappa shape index (κ1) is 18.7. The van der Waals surface area contributed by atoms with Crippen LogP contribution >= 0.6 is 0 Å². The Labute approximate surface area is 93.0 Å². The third kappa shape index (κ3) is 22.5. The standard InChI is InChI=1S/C7H9NO.C3H9N.ClH/c1-4-5-8-7(9)6(2)3;1-4(2)3;/h2H2,1,3H3,(H,8,9);1-3H3;1H. The molecule has 0 aromatic rings. The maximum atomic E-state index is 10.6. The number of hydrogen-bond acceptors (Lipinski definition) is 1. The van der Waals surface area contributed by atoms with Crippen LogP contribution in [0.25, 0.3) is 0 Å². The molecule has 0 aliphatic carbocycles. The highest BCUT2D eigenvalue weighted by Crippen LogP contribution is 1.82. The summed E-state index contributed by atoms with van der Waals surface area (Å²) < 4.78 is 0. The fourth-order valence-corrected chi connectivity index (χ4v) is 0.226. The minimum absolute atomic E-state index is 0. The molecule has 0 unspecified atom stereocenters. The van der Waals surface area contributed by atoms with Crippen molar-refractivity contribution in [3.63, 3.8) is 0 Å². The molecule has 0 saturated carbocycles. The average molecular weight is 219 g/mol. The SMILES string of the molecule is C=C(C)C(=O)NC#CC.C[NH+](C)C.[Cl-]. The number of quaternary nitrogens is 1. The van der Waals surface area contributed by atoms with Crippen molar-refractivity contribution in [1.29, 1.82) is 0 Å². The van der Waals surface area contributed by atoms with Gasteiger partial charge in [0.25, 0.3) is 5.91 Å². The van der Waals surface area contributed by atoms with Crippen molar-refractivity contribution in [2.45, 2.75) is 13.8 Å². The Bertz CT molecular complexity index is 223. The largest absolute Gasteiger partial charge is 1.00 e. The van der Waals surface area contributed by atoms with E-state index in [0.29, 0.717) is 5.57 Å². The lowest BCUT2D eigenvalue weighted by Crippen LogP contribution is -3.02. The Morgan fingerprint density at radius 1 is 1.36 bits per heavy atom. The topological polar surface area (TPSA) is 33.5 Å². The summed E-state index contributed by atoms with van der Waals surface area (Å²) in [4.78, 5) is 12.0. The molecule has 1 amide bonds. The molecule has 82 valence electrons. The van der Waals surface area contributed by atoms with Crippen molar-refractivity contribution >= 4 is 5.91 Å². The molecule has 3 nitrogen and oxygen atoms in total. The molecule has 0 radical (unpaired) electrons. The van der Waals surface area contributed by atoms with Crippen LogP contribution in [0.3, 0.4) is 0 Å². The van der Waals surface area contributed by atoms with Gasteiger partial charge in [-0.15, -0.1) is 0 Å². The fraction of sp³-hybridized carbons (Fsp3) is 0.500. The number of rotatable bonds is 1. The van der Waals surface area contributed by atoms with Crippen LogP contribution in [0.15, 0.2) is 12.2 Å². The summed E-state index contributed by atoms with van der Waals surface area (Å²) in [5.74, 6) is 2.31. The number of halogens is 1. The predicted octanol–water partition coefficient (Wildman–Crippen LogP) is -3.58. The predicted molar refractivity (Wildman–Crippen MR) is 55.1 cm³/mol. The zero-order valence-corrected chi connectivity index (χ0v) is 10.2. The van der Waals surface area contributed by atoms with E-state index in [1.54, 1.807) is 13.8 Å². The van der Waals surface area contributed by atoms with Gasteiger partial charge in [0, 0.05) is 11.6 Å². The summed E-state index contributed by atoms with van der Waals surface area (Å²) >= 11 is 0. The molecule has 0 fully saturated rings. The normalized spacial score (nSPS) is 7.00. The molecule has 0 rings (SSSR count). The Morgan fingerprint density at radius 2 is 1.71 bits per heavy atom. The second-order valence-corrected chi connectivity index (χ2v) is 3.11. The molecule has 4 heteroatoms. The highest BCUT2D eigenvalue weighted by Gasteiger charge is 1.94. The summed E-state index contributed by atoms with van der Waals surface area (Å²) in [6.07, 6.45) is 0. The quantitative estimate of drug-likeness (QED) is 0.267. The van der Waals surface area contributed by atoms with Gasteiger partial charge < -0.3 is 17.3 Å². The molecule has 0 aromatic heterocycles. The summed E-state index contributed by atoms with van der Waals surface area (Å²) in [7, 11) is 6.25. The van der Waals surface area contributed by atoms with Gasteiger partial charge in [-0.05, 0) is 13.8 Å². The van der Waals surface area contributed by atoms with Crippen molar-refractivity contribution in [3.8, 4) is 12.0 Å². The first-order valence-corrected chi connectivity index (χ1v) is 4.06. The van der Waals surface area contributed by atoms with Crippen molar-refractivity contribution in [3.05, 3.63) is 12.2 Å². The molecule has 0 aliphatic heterocycles. The molecular weight excluding hydrogens is 200 g/mol. The number of amides is 1. The van der Waals surface area contributed by atoms with Crippen LogP contribution < -0.4 is 22.6 Å². The fourth-order valence-electron chi connectivity index (χ4n) is 0.226. The van der Waals surface area contributed by atoms with E-state index in [1.165, 1.54) is 4.90 Å². The van der Waals surface area contributed by atoms with E-state index in [-0.39, 0.29) is 18.3 Å². The van der Waals surface area contributed by atoms with E-state index in [0.717, 1.165) is 0 Å². The molecule has 0 saturated heterocycles. The van der Waals surface area contributed by atoms with Crippen LogP contribution in [0, 0.1) is 12.0 Å². The van der Waals surface area contributed by atoms with Gasteiger partial charge in [-0.1, -0.05) is 12.5 Å². The van der Waals surface area contributed by atoms with Crippen LogP contribution in [-0.2, 0) is 4.79 Å². The van der Waals surface area contributed by atoms with Gasteiger partial charge in [0.2, 0.25) is 0 Å². The lowest BCUT2D eigenvalue weighted by atomic mass is 10.3. The first-order chi connectivity index (χ1) is 5.91. The lowest BCUT2D eigenvalue weighted by molar-refractivity contribution is -0.836. The van der Waals surface area contributed by atoms with Gasteiger partial charge in [-0.25, -0.2) is 0 Å². The zero-order valence-electron chi connectivity index (χ0n) is 9.49. The first-order valence-electron chi connectivity index (χ1n) is 4.06. The molecular formula is C10H19ClN2O. The second-order valence-electron chi connectivity index (χ2n) is 3.11. The average Bonchev–Trinajstić information content (AvgIpc) is 1.98. The van der Waals surface area contributed by atoms with E-state index in [2.05, 4.69) is 45.0 Å². The Morgan fingerprint density at radius 3 is 1.93 bits per heavy atom. The summed E-state index contributed by atoms with van der Waals surface area (Å²) in [6, 6.07) is 2.42. The molecule has 14 heavy (non-hydrogen) atoms. The summed E-state index contributed by atoms with van der Waals surface area (Å²) in [5.41, 5.74) is 0.470. The maximum absolute atomic E-state index is 10.6. The van der Waals surface area contributed by atoms with Crippen molar-refractivity contribution in [1.82, 2.24) is 5.32 Å². The highest BCUT2D eigenvalue weighted by atomic mass is 35.5. The van der Waals surface area contributed by atoms with E-state index in [4.69, 9.17) is 0 Å². The smallest absolute Gasteiger partial charge is 0.257 e. The van der Waals surface area contributed by atoms with E-state index >= 15 is 0 Å². The molecule has 0 aromatic carbocycles. The molecule has 0 spiro atoms. The number of carbonyl (C=O) groups excluding carboxylic acids is 1. The second kappa shape index (κ2) is 12.0. The van der Waals surface area contributed by atoms with E-state index < -0.39 is 0 Å². The van der Waals surface area contributed by atoms with Crippen LogP contribution in [0.2, 0.25) is 0 Å². The van der Waals surface area contributed by atoms with E-state index in [1.807, 2.05) is 0 Å². The monoisotopic (exact) mass is 218 g/mol. The van der Waals surface area contributed by atoms with Crippen LogP contribution in [0.4, 0.5) is 0 Å². The van der Waals surface area contributed by atoms with Gasteiger partial charge in [0.05, 0.1) is 21.1 Å². The molecule has 0 heterocycles. The number of nitrogens with one attached hydrogen (secondary N) is 2. The van der Waals surface area contributed by atoms with Gasteiger partial charge in [0.15, 0.2) is 0 Å². The Balaban J connectivity index is -0.000000209. The van der Waals surface area contributed by atoms with Gasteiger partial charge in [-0.3, -0.25) is 10.1 Å². The Hall–Kier alpha value is -0.980. The number of carbonyl (C=O) groups is 1. The summed E-state index contributed by atoms with van der Waals surface area (Å²) in [5, 5.41) is 2.33. The molecule has 0 bridgehead atoms. The summed E-state index contributed by atoms with van der Waals surface area (Å²) in [6.45, 7) is 6.71. The van der Waals surface area contributed by atoms with Gasteiger partial charge in [0.1, 0.15) is 0 Å².